The molecule has 1 amide bonds. The van der Waals surface area contributed by atoms with Gasteiger partial charge in [0, 0.05) is 46.5 Å². The maximum atomic E-state index is 13.4. The lowest BCUT2D eigenvalue weighted by Crippen LogP contribution is -2.58. The molecular weight excluding hydrogens is 440 g/mol. The molecule has 2 heterocycles. The largest absolute Gasteiger partial charge is 0.480 e. The molecule has 2 aromatic carbocycles. The van der Waals surface area contributed by atoms with E-state index in [9.17, 15) is 23.1 Å². The summed E-state index contributed by atoms with van der Waals surface area (Å²) in [5.74, 6) is -0.862. The molecule has 0 radical (unpaired) electrons. The Morgan fingerprint density at radius 1 is 1.16 bits per heavy atom. The predicted octanol–water partition coefficient (Wildman–Crippen LogP) is 3.51. The van der Waals surface area contributed by atoms with Crippen molar-refractivity contribution in [3.63, 3.8) is 0 Å². The van der Waals surface area contributed by atoms with E-state index in [1.165, 1.54) is 30.8 Å². The highest BCUT2D eigenvalue weighted by atomic mass is 32.2. The minimum absolute atomic E-state index is 0.0163. The summed E-state index contributed by atoms with van der Waals surface area (Å²) in [6.45, 7) is 5.03. The van der Waals surface area contributed by atoms with Gasteiger partial charge in [0.1, 0.15) is 17.2 Å². The Bertz CT molecular complexity index is 1310. The number of furan rings is 1. The number of fused-ring (bicyclic) bond motifs is 3. The third-order valence-corrected chi connectivity index (χ3v) is 8.55. The molecule has 3 aromatic rings. The van der Waals surface area contributed by atoms with Crippen LogP contribution in [0.1, 0.15) is 20.8 Å². The van der Waals surface area contributed by atoms with Crippen LogP contribution in [0.15, 0.2) is 45.7 Å². The maximum Gasteiger partial charge on any atom is 0.323 e. The number of anilines is 1. The fourth-order valence-electron chi connectivity index (χ4n) is 3.97. The number of sulfonamides is 1. The van der Waals surface area contributed by atoms with Crippen molar-refractivity contribution in [2.24, 2.45) is 0 Å². The number of nitrogens with zero attached hydrogens (tertiary/aromatic N) is 1. The van der Waals surface area contributed by atoms with Gasteiger partial charge in [-0.3, -0.25) is 9.59 Å². The van der Waals surface area contributed by atoms with Crippen molar-refractivity contribution in [3.8, 4) is 0 Å². The van der Waals surface area contributed by atoms with E-state index >= 15 is 0 Å². The number of rotatable bonds is 4. The van der Waals surface area contributed by atoms with E-state index < -0.39 is 26.8 Å². The maximum absolute atomic E-state index is 13.4. The summed E-state index contributed by atoms with van der Waals surface area (Å²) in [5, 5.41) is 13.7. The number of carboxylic acids is 1. The van der Waals surface area contributed by atoms with Gasteiger partial charge in [0.25, 0.3) is 0 Å². The molecule has 1 aromatic heterocycles. The summed E-state index contributed by atoms with van der Waals surface area (Å²) in [7, 11) is -4.05. The molecule has 1 saturated heterocycles. The molecule has 1 atom stereocenters. The van der Waals surface area contributed by atoms with Crippen molar-refractivity contribution in [1.29, 1.82) is 0 Å². The fourth-order valence-corrected chi connectivity index (χ4v) is 7.09. The predicted molar refractivity (Wildman–Crippen MR) is 120 cm³/mol. The zero-order valence-corrected chi connectivity index (χ0v) is 18.8. The molecule has 8 nitrogen and oxygen atoms in total. The number of amides is 1. The lowest BCUT2D eigenvalue weighted by Gasteiger charge is -2.42. The van der Waals surface area contributed by atoms with Crippen LogP contribution < -0.4 is 5.32 Å². The monoisotopic (exact) mass is 462 g/mol. The molecule has 0 spiro atoms. The van der Waals surface area contributed by atoms with E-state index in [1.54, 1.807) is 38.1 Å². The van der Waals surface area contributed by atoms with Crippen LogP contribution in [0.25, 0.3) is 21.9 Å². The average Bonchev–Trinajstić information content (AvgIpc) is 3.03. The third-order valence-electron chi connectivity index (χ3n) is 5.34. The van der Waals surface area contributed by atoms with Gasteiger partial charge in [0.05, 0.1) is 4.90 Å². The molecule has 4 rings (SSSR count). The Balaban J connectivity index is 1.80. The molecular formula is C21H22N2O6S2. The van der Waals surface area contributed by atoms with Crippen LogP contribution in [0.2, 0.25) is 0 Å². The van der Waals surface area contributed by atoms with Gasteiger partial charge in [0.2, 0.25) is 15.9 Å². The van der Waals surface area contributed by atoms with E-state index in [4.69, 9.17) is 4.42 Å². The number of carbonyl (C=O) groups excluding carboxylic acids is 1. The zero-order chi connectivity index (χ0) is 22.6. The Labute approximate surface area is 183 Å². The average molecular weight is 463 g/mol. The molecule has 1 aliphatic rings. The Morgan fingerprint density at radius 3 is 2.58 bits per heavy atom. The van der Waals surface area contributed by atoms with E-state index in [0.29, 0.717) is 33.4 Å². The van der Waals surface area contributed by atoms with E-state index in [2.05, 4.69) is 5.32 Å². The van der Waals surface area contributed by atoms with Gasteiger partial charge < -0.3 is 14.8 Å². The quantitative estimate of drug-likeness (QED) is 0.609. The second kappa shape index (κ2) is 7.54. The number of hydrogen-bond donors (Lipinski definition) is 2. The van der Waals surface area contributed by atoms with Crippen LogP contribution in [0, 0.1) is 0 Å². The summed E-state index contributed by atoms with van der Waals surface area (Å²) in [4.78, 5) is 23.3. The third kappa shape index (κ3) is 3.79. The van der Waals surface area contributed by atoms with Crippen LogP contribution in [0.4, 0.5) is 5.69 Å². The number of thioether (sulfide) groups is 1. The van der Waals surface area contributed by atoms with Gasteiger partial charge in [-0.15, -0.1) is 0 Å². The number of hydrogen-bond acceptors (Lipinski definition) is 6. The first kappa shape index (κ1) is 21.7. The molecule has 164 valence electrons. The number of benzene rings is 2. The topological polar surface area (TPSA) is 117 Å². The van der Waals surface area contributed by atoms with E-state index in [-0.39, 0.29) is 17.3 Å². The molecule has 2 N–H and O–H groups in total. The summed E-state index contributed by atoms with van der Waals surface area (Å²) < 4.78 is 33.0. The van der Waals surface area contributed by atoms with Crippen molar-refractivity contribution in [2.45, 2.75) is 36.5 Å². The van der Waals surface area contributed by atoms with E-state index in [0.717, 1.165) is 4.31 Å². The number of carbonyl (C=O) groups is 2. The molecule has 1 aliphatic heterocycles. The van der Waals surface area contributed by atoms with Gasteiger partial charge in [-0.1, -0.05) is 0 Å². The van der Waals surface area contributed by atoms with Gasteiger partial charge in [-0.2, -0.15) is 16.1 Å². The first-order valence-electron chi connectivity index (χ1n) is 9.63. The van der Waals surface area contributed by atoms with Crippen molar-refractivity contribution < 1.29 is 27.5 Å². The molecule has 31 heavy (non-hydrogen) atoms. The number of carboxylic acid groups (broad SMARTS) is 1. The van der Waals surface area contributed by atoms with Gasteiger partial charge >= 0.3 is 5.97 Å². The van der Waals surface area contributed by atoms with Gasteiger partial charge in [0.15, 0.2) is 0 Å². The standard InChI is InChI=1S/C21H22N2O6S2/c1-12(24)22-13-4-6-15-16-11-14(5-7-17(16)29-18(15)10-13)31(27,28)23-8-9-30-21(2,3)19(23)20(25)26/h4-7,10-11,19H,8-9H2,1-3H3,(H,22,24)(H,25,26). The van der Waals surface area contributed by atoms with E-state index in [1.807, 2.05) is 0 Å². The van der Waals surface area contributed by atoms with Gasteiger partial charge in [-0.05, 0) is 44.2 Å². The Hall–Kier alpha value is -2.56. The second-order valence-corrected chi connectivity index (χ2v) is 11.6. The highest BCUT2D eigenvalue weighted by Crippen LogP contribution is 2.39. The molecule has 0 bridgehead atoms. The zero-order valence-electron chi connectivity index (χ0n) is 17.2. The fraction of sp³-hybridized carbons (Fsp3) is 0.333. The molecule has 0 saturated carbocycles. The summed E-state index contributed by atoms with van der Waals surface area (Å²) in [6, 6.07) is 8.49. The number of aliphatic carboxylic acids is 1. The SMILES string of the molecule is CC(=O)Nc1ccc2c(c1)oc1ccc(S(=O)(=O)N3CCSC(C)(C)C3C(=O)O)cc12. The normalized spacial score (nSPS) is 19.5. The first-order valence-corrected chi connectivity index (χ1v) is 12.1. The smallest absolute Gasteiger partial charge is 0.323 e. The van der Waals surface area contributed by atoms with Crippen molar-refractivity contribution in [3.05, 3.63) is 36.4 Å². The lowest BCUT2D eigenvalue weighted by molar-refractivity contribution is -0.142. The first-order chi connectivity index (χ1) is 14.5. The highest BCUT2D eigenvalue weighted by Gasteiger charge is 2.48. The van der Waals surface area contributed by atoms with Crippen molar-refractivity contribution in [1.82, 2.24) is 4.31 Å². The van der Waals surface area contributed by atoms with Crippen LogP contribution in [0.5, 0.6) is 0 Å². The summed E-state index contributed by atoms with van der Waals surface area (Å²) in [5.41, 5.74) is 1.58. The van der Waals surface area contributed by atoms with Crippen LogP contribution in [-0.2, 0) is 19.6 Å². The molecule has 0 aliphatic carbocycles. The summed E-state index contributed by atoms with van der Waals surface area (Å²) in [6.07, 6.45) is 0. The van der Waals surface area contributed by atoms with Crippen LogP contribution >= 0.6 is 11.8 Å². The minimum Gasteiger partial charge on any atom is -0.480 e. The van der Waals surface area contributed by atoms with Gasteiger partial charge in [-0.25, -0.2) is 8.42 Å². The minimum atomic E-state index is -4.05. The Kier molecular flexibility index (Phi) is 5.27. The molecule has 1 fully saturated rings. The molecule has 1 unspecified atom stereocenters. The second-order valence-electron chi connectivity index (χ2n) is 7.96. The highest BCUT2D eigenvalue weighted by molar-refractivity contribution is 8.00. The Morgan fingerprint density at radius 2 is 1.90 bits per heavy atom. The van der Waals surface area contributed by atoms with Crippen molar-refractivity contribution >= 4 is 61.3 Å². The summed E-state index contributed by atoms with van der Waals surface area (Å²) >= 11 is 1.45. The van der Waals surface area contributed by atoms with Crippen LogP contribution in [0.3, 0.4) is 0 Å². The molecule has 10 heteroatoms. The number of nitrogens with one attached hydrogen (secondary N) is 1. The van der Waals surface area contributed by atoms with Crippen LogP contribution in [-0.4, -0.2) is 52.8 Å². The lowest BCUT2D eigenvalue weighted by atomic mass is 10.0. The van der Waals surface area contributed by atoms with Crippen molar-refractivity contribution in [2.75, 3.05) is 17.6 Å².